The summed E-state index contributed by atoms with van der Waals surface area (Å²) in [6.45, 7) is 32.6. The van der Waals surface area contributed by atoms with Crippen molar-refractivity contribution in [3.05, 3.63) is 52.1 Å². The van der Waals surface area contributed by atoms with Crippen LogP contribution in [-0.2, 0) is 21.7 Å². The van der Waals surface area contributed by atoms with Crippen LogP contribution >= 0.6 is 0 Å². The van der Waals surface area contributed by atoms with Crippen LogP contribution in [0, 0.1) is 17.8 Å². The summed E-state index contributed by atoms with van der Waals surface area (Å²) in [6, 6.07) is 10.0. The molecule has 2 heteroatoms. The lowest BCUT2D eigenvalue weighted by Gasteiger charge is -2.44. The monoisotopic (exact) mass is 472 g/mol. The normalized spacial score (nSPS) is 25.4. The van der Waals surface area contributed by atoms with E-state index in [2.05, 4.69) is 131 Å². The molecule has 0 amide bonds. The van der Waals surface area contributed by atoms with E-state index in [0.29, 0.717) is 0 Å². The molecule has 0 atom stereocenters. The van der Waals surface area contributed by atoms with E-state index in [1.165, 1.54) is 39.3 Å². The van der Waals surface area contributed by atoms with Crippen LogP contribution in [0.1, 0.15) is 111 Å². The lowest BCUT2D eigenvalue weighted by Crippen LogP contribution is -2.42. The first-order valence-corrected chi connectivity index (χ1v) is 13.6. The van der Waals surface area contributed by atoms with E-state index in [-0.39, 0.29) is 32.5 Å². The zero-order chi connectivity index (χ0) is 26.3. The fourth-order valence-electron chi connectivity index (χ4n) is 7.85. The van der Waals surface area contributed by atoms with Crippen LogP contribution in [0.2, 0.25) is 0 Å². The molecular formula is C33H48N2. The standard InChI is InChI=1S/C33H48N2/c1-20-15-21(16-24-27(20)31(8,9)33(12,13)30(24,6)7)35-19-34(14)25-17-22-23(18-26(25)35)29(4,5)32(10,11)28(22,2)3/h15-18H,19H2,1-14H3. The van der Waals surface area contributed by atoms with Gasteiger partial charge < -0.3 is 9.80 Å². The molecule has 190 valence electrons. The first kappa shape index (κ1) is 24.7. The second-order valence-electron chi connectivity index (χ2n) is 15.1. The number of aryl methyl sites for hydroxylation is 1. The molecule has 2 aliphatic carbocycles. The van der Waals surface area contributed by atoms with E-state index in [9.17, 15) is 0 Å². The second-order valence-corrected chi connectivity index (χ2v) is 15.1. The Balaban J connectivity index is 1.71. The predicted molar refractivity (Wildman–Crippen MR) is 153 cm³/mol. The largest absolute Gasteiger partial charge is 0.355 e. The zero-order valence-electron chi connectivity index (χ0n) is 24.9. The SMILES string of the molecule is Cc1cc(N2CN(C)c3cc4c(cc32)C(C)(C)C(C)(C)C4(C)C)cc2c1C(C)(C)C(C)(C)C2(C)C. The van der Waals surface area contributed by atoms with Crippen molar-refractivity contribution in [1.29, 1.82) is 0 Å². The van der Waals surface area contributed by atoms with Crippen molar-refractivity contribution in [1.82, 2.24) is 0 Å². The van der Waals surface area contributed by atoms with Gasteiger partial charge >= 0.3 is 0 Å². The third-order valence-electron chi connectivity index (χ3n) is 12.7. The van der Waals surface area contributed by atoms with Crippen LogP contribution in [-0.4, -0.2) is 13.7 Å². The van der Waals surface area contributed by atoms with Gasteiger partial charge in [0, 0.05) is 12.7 Å². The first-order valence-electron chi connectivity index (χ1n) is 13.6. The second kappa shape index (κ2) is 6.48. The van der Waals surface area contributed by atoms with Crippen LogP contribution in [0.25, 0.3) is 0 Å². The molecule has 0 saturated heterocycles. The maximum absolute atomic E-state index is 2.56. The smallest absolute Gasteiger partial charge is 0.0950 e. The zero-order valence-corrected chi connectivity index (χ0v) is 24.9. The van der Waals surface area contributed by atoms with Gasteiger partial charge in [-0.25, -0.2) is 0 Å². The topological polar surface area (TPSA) is 6.48 Å². The minimum Gasteiger partial charge on any atom is -0.355 e. The molecule has 0 aromatic heterocycles. The van der Waals surface area contributed by atoms with Gasteiger partial charge in [-0.2, -0.15) is 0 Å². The van der Waals surface area contributed by atoms with Crippen molar-refractivity contribution >= 4 is 17.1 Å². The van der Waals surface area contributed by atoms with E-state index >= 15 is 0 Å². The Labute approximate surface area is 215 Å². The van der Waals surface area contributed by atoms with Crippen LogP contribution in [0.3, 0.4) is 0 Å². The summed E-state index contributed by atoms with van der Waals surface area (Å²) in [7, 11) is 2.25. The van der Waals surface area contributed by atoms with Gasteiger partial charge in [0.25, 0.3) is 0 Å². The van der Waals surface area contributed by atoms with E-state index in [0.717, 1.165) is 6.67 Å². The first-order chi connectivity index (χ1) is 15.7. The highest BCUT2D eigenvalue weighted by atomic mass is 15.4. The van der Waals surface area contributed by atoms with Crippen LogP contribution < -0.4 is 9.80 Å². The third kappa shape index (κ3) is 2.57. The van der Waals surface area contributed by atoms with E-state index in [1.54, 1.807) is 5.56 Å². The quantitative estimate of drug-likeness (QED) is 0.409. The van der Waals surface area contributed by atoms with Crippen molar-refractivity contribution in [2.45, 2.75) is 112 Å². The molecule has 0 bridgehead atoms. The Bertz CT molecular complexity index is 1250. The minimum absolute atomic E-state index is 0.106. The minimum atomic E-state index is 0.106. The highest BCUT2D eigenvalue weighted by Crippen LogP contribution is 2.65. The predicted octanol–water partition coefficient (Wildman–Crippen LogP) is 8.73. The Morgan fingerprint density at radius 3 is 1.57 bits per heavy atom. The molecule has 0 N–H and O–H groups in total. The molecule has 5 rings (SSSR count). The van der Waals surface area contributed by atoms with Crippen molar-refractivity contribution < 1.29 is 0 Å². The number of rotatable bonds is 1. The summed E-state index contributed by atoms with van der Waals surface area (Å²) in [4.78, 5) is 5.00. The lowest BCUT2D eigenvalue weighted by atomic mass is 9.59. The summed E-state index contributed by atoms with van der Waals surface area (Å²) >= 11 is 0. The van der Waals surface area contributed by atoms with Crippen LogP contribution in [0.15, 0.2) is 24.3 Å². The molecule has 3 aliphatic rings. The molecule has 2 aromatic rings. The fraction of sp³-hybridized carbons (Fsp3) is 0.636. The number of hydrogen-bond donors (Lipinski definition) is 0. The molecule has 2 aromatic carbocycles. The van der Waals surface area contributed by atoms with Gasteiger partial charge in [-0.1, -0.05) is 83.1 Å². The average molecular weight is 473 g/mol. The lowest BCUT2D eigenvalue weighted by molar-refractivity contribution is 0.125. The summed E-state index contributed by atoms with van der Waals surface area (Å²) in [6.07, 6.45) is 0. The summed E-state index contributed by atoms with van der Waals surface area (Å²) in [5.74, 6) is 0. The van der Waals surface area contributed by atoms with Gasteiger partial charge in [-0.15, -0.1) is 0 Å². The molecule has 0 radical (unpaired) electrons. The van der Waals surface area contributed by atoms with Crippen LogP contribution in [0.5, 0.6) is 0 Å². The van der Waals surface area contributed by atoms with Gasteiger partial charge in [-0.05, 0) is 91.5 Å². The molecule has 0 fully saturated rings. The van der Waals surface area contributed by atoms with E-state index in [1.807, 2.05) is 0 Å². The highest BCUT2D eigenvalue weighted by molar-refractivity contribution is 5.85. The molecule has 0 spiro atoms. The highest BCUT2D eigenvalue weighted by Gasteiger charge is 2.59. The number of anilines is 3. The number of nitrogens with zero attached hydrogens (tertiary/aromatic N) is 2. The number of benzene rings is 2. The Morgan fingerprint density at radius 1 is 0.571 bits per heavy atom. The number of hydrogen-bond acceptors (Lipinski definition) is 2. The molecule has 1 aliphatic heterocycles. The molecule has 0 saturated carbocycles. The fourth-order valence-corrected chi connectivity index (χ4v) is 7.85. The average Bonchev–Trinajstić information content (AvgIpc) is 3.15. The van der Waals surface area contributed by atoms with Crippen molar-refractivity contribution in [2.75, 3.05) is 23.5 Å². The van der Waals surface area contributed by atoms with Gasteiger partial charge in [0.1, 0.15) is 0 Å². The van der Waals surface area contributed by atoms with Gasteiger partial charge in [-0.3, -0.25) is 0 Å². The number of fused-ring (bicyclic) bond motifs is 3. The summed E-state index contributed by atoms with van der Waals surface area (Å²) in [5, 5.41) is 0. The maximum Gasteiger partial charge on any atom is 0.0950 e. The molecular weight excluding hydrogens is 424 g/mol. The molecule has 0 unspecified atom stereocenters. The van der Waals surface area contributed by atoms with Crippen molar-refractivity contribution in [3.63, 3.8) is 0 Å². The molecule has 35 heavy (non-hydrogen) atoms. The molecule has 1 heterocycles. The van der Waals surface area contributed by atoms with E-state index in [4.69, 9.17) is 0 Å². The van der Waals surface area contributed by atoms with Crippen molar-refractivity contribution in [3.8, 4) is 0 Å². The van der Waals surface area contributed by atoms with E-state index < -0.39 is 0 Å². The maximum atomic E-state index is 2.56. The Morgan fingerprint density at radius 2 is 1.03 bits per heavy atom. The van der Waals surface area contributed by atoms with Crippen LogP contribution in [0.4, 0.5) is 17.1 Å². The van der Waals surface area contributed by atoms with Crippen molar-refractivity contribution in [2.24, 2.45) is 10.8 Å². The van der Waals surface area contributed by atoms with Gasteiger partial charge in [0.15, 0.2) is 0 Å². The third-order valence-corrected chi connectivity index (χ3v) is 12.7. The Hall–Kier alpha value is -1.96. The van der Waals surface area contributed by atoms with Gasteiger partial charge in [0.05, 0.1) is 18.0 Å². The Kier molecular flexibility index (Phi) is 4.57. The molecule has 2 nitrogen and oxygen atoms in total. The summed E-state index contributed by atoms with van der Waals surface area (Å²) in [5.41, 5.74) is 12.4. The summed E-state index contributed by atoms with van der Waals surface area (Å²) < 4.78 is 0. The van der Waals surface area contributed by atoms with Gasteiger partial charge in [0.2, 0.25) is 0 Å².